The third kappa shape index (κ3) is 3.65. The van der Waals surface area contributed by atoms with Gasteiger partial charge in [-0.1, -0.05) is 54.6 Å². The number of hydrogen-bond donors (Lipinski definition) is 1. The molecular weight excluding hydrogens is 433 g/mol. The van der Waals surface area contributed by atoms with E-state index in [1.54, 1.807) is 17.4 Å². The van der Waals surface area contributed by atoms with E-state index in [1.165, 1.54) is 28.7 Å². The molecule has 1 N–H and O–H groups in total. The molecule has 1 saturated heterocycles. The first kappa shape index (κ1) is 20.6. The van der Waals surface area contributed by atoms with Gasteiger partial charge in [0, 0.05) is 40.2 Å². The summed E-state index contributed by atoms with van der Waals surface area (Å²) in [6, 6.07) is 24.9. The van der Waals surface area contributed by atoms with E-state index in [0.717, 1.165) is 15.8 Å². The van der Waals surface area contributed by atoms with E-state index in [2.05, 4.69) is 54.6 Å². The number of carbonyl (C=O) groups is 1. The minimum Gasteiger partial charge on any atom is -0.481 e. The number of carboxylic acids is 1. The van der Waals surface area contributed by atoms with Crippen molar-refractivity contribution in [1.29, 1.82) is 0 Å². The van der Waals surface area contributed by atoms with E-state index in [4.69, 9.17) is 5.11 Å². The molecule has 0 unspecified atom stereocenters. The van der Waals surface area contributed by atoms with Gasteiger partial charge in [-0.15, -0.1) is 11.3 Å². The summed E-state index contributed by atoms with van der Waals surface area (Å²) in [7, 11) is 0. The van der Waals surface area contributed by atoms with Crippen molar-refractivity contribution in [2.24, 2.45) is 5.92 Å². The maximum Gasteiger partial charge on any atom is 0.309 e. The van der Waals surface area contributed by atoms with Crippen LogP contribution < -0.4 is 0 Å². The zero-order valence-electron chi connectivity index (χ0n) is 18.1. The van der Waals surface area contributed by atoms with Gasteiger partial charge in [-0.2, -0.15) is 0 Å². The van der Waals surface area contributed by atoms with Gasteiger partial charge in [-0.05, 0) is 53.1 Å². The fraction of sp³-hybridized carbons (Fsp3) is 0.250. The highest BCUT2D eigenvalue weighted by molar-refractivity contribution is 7.22. The highest BCUT2D eigenvalue weighted by Crippen LogP contribution is 2.54. The summed E-state index contributed by atoms with van der Waals surface area (Å²) in [4.78, 5) is 13.9. The van der Waals surface area contributed by atoms with Crippen molar-refractivity contribution in [3.8, 4) is 10.4 Å². The second kappa shape index (κ2) is 7.79. The van der Waals surface area contributed by atoms with Gasteiger partial charge in [0.2, 0.25) is 0 Å². The molecule has 4 aromatic rings. The summed E-state index contributed by atoms with van der Waals surface area (Å²) in [5.41, 5.74) is 4.35. The Kier molecular flexibility index (Phi) is 4.86. The molecule has 1 saturated carbocycles. The Morgan fingerprint density at radius 3 is 2.48 bits per heavy atom. The van der Waals surface area contributed by atoms with Crippen LogP contribution in [0.15, 0.2) is 72.8 Å². The Bertz CT molecular complexity index is 1350. The summed E-state index contributed by atoms with van der Waals surface area (Å²) in [6.07, 6.45) is 2.34. The number of likely N-dealkylation sites (tertiary alicyclic amines) is 1. The lowest BCUT2D eigenvalue weighted by atomic mass is 9.88. The van der Waals surface area contributed by atoms with E-state index < -0.39 is 5.97 Å². The summed E-state index contributed by atoms with van der Waals surface area (Å²) in [6.45, 7) is 1.64. The Balaban J connectivity index is 1.25. The van der Waals surface area contributed by atoms with Crippen LogP contribution in [0, 0.1) is 11.7 Å². The van der Waals surface area contributed by atoms with Crippen LogP contribution in [0.25, 0.3) is 20.5 Å². The molecule has 0 amide bonds. The SMILES string of the molecule is O=C(O)C1CN(Cc2ccc(-c3cc4ccc(C5(c6ccccc6)CC5)cc4s3)c(F)c2)C1. The molecule has 166 valence electrons. The smallest absolute Gasteiger partial charge is 0.309 e. The number of hydrogen-bond acceptors (Lipinski definition) is 3. The molecule has 3 nitrogen and oxygen atoms in total. The quantitative estimate of drug-likeness (QED) is 0.369. The van der Waals surface area contributed by atoms with Gasteiger partial charge in [0.05, 0.1) is 5.92 Å². The number of carboxylic acid groups (broad SMARTS) is 1. The van der Waals surface area contributed by atoms with Gasteiger partial charge in [0.15, 0.2) is 0 Å². The van der Waals surface area contributed by atoms with Crippen LogP contribution in [0.4, 0.5) is 4.39 Å². The summed E-state index contributed by atoms with van der Waals surface area (Å²) >= 11 is 1.64. The first-order chi connectivity index (χ1) is 16.0. The molecular formula is C28H24FNO2S. The Morgan fingerprint density at radius 2 is 1.79 bits per heavy atom. The largest absolute Gasteiger partial charge is 0.481 e. The van der Waals surface area contributed by atoms with Gasteiger partial charge in [-0.25, -0.2) is 4.39 Å². The molecule has 1 aliphatic carbocycles. The zero-order chi connectivity index (χ0) is 22.6. The maximum atomic E-state index is 15.0. The fourth-order valence-electron chi connectivity index (χ4n) is 5.06. The number of fused-ring (bicyclic) bond motifs is 1. The lowest BCUT2D eigenvalue weighted by molar-refractivity contribution is -0.147. The van der Waals surface area contributed by atoms with Gasteiger partial charge in [-0.3, -0.25) is 9.69 Å². The molecule has 1 aromatic heterocycles. The number of thiophene rings is 1. The van der Waals surface area contributed by atoms with Crippen LogP contribution in [-0.2, 0) is 16.8 Å². The molecule has 2 fully saturated rings. The van der Waals surface area contributed by atoms with Crippen LogP contribution in [0.3, 0.4) is 0 Å². The molecule has 3 aromatic carbocycles. The first-order valence-corrected chi connectivity index (χ1v) is 12.2. The predicted molar refractivity (Wildman–Crippen MR) is 130 cm³/mol. The Labute approximate surface area is 196 Å². The standard InChI is InChI=1S/C28H24FNO2S/c29-24-12-18(15-30-16-20(17-30)27(31)32)6-9-23(24)26-13-19-7-8-22(14-25(19)33-26)28(10-11-28)21-4-2-1-3-5-21/h1-9,12-14,20H,10-11,15-17H2,(H,31,32). The minimum absolute atomic E-state index is 0.128. The maximum absolute atomic E-state index is 15.0. The average molecular weight is 458 g/mol. The van der Waals surface area contributed by atoms with Gasteiger partial charge in [0.25, 0.3) is 0 Å². The van der Waals surface area contributed by atoms with E-state index in [-0.39, 0.29) is 17.2 Å². The number of rotatable bonds is 6. The third-order valence-electron chi connectivity index (χ3n) is 7.16. The first-order valence-electron chi connectivity index (χ1n) is 11.4. The highest BCUT2D eigenvalue weighted by Gasteiger charge is 2.45. The zero-order valence-corrected chi connectivity index (χ0v) is 18.9. The van der Waals surface area contributed by atoms with Crippen molar-refractivity contribution in [3.63, 3.8) is 0 Å². The van der Waals surface area contributed by atoms with Gasteiger partial charge < -0.3 is 5.11 Å². The Morgan fingerprint density at radius 1 is 1.00 bits per heavy atom. The van der Waals surface area contributed by atoms with Crippen LogP contribution in [0.5, 0.6) is 0 Å². The molecule has 2 aliphatic rings. The van der Waals surface area contributed by atoms with E-state index >= 15 is 4.39 Å². The van der Waals surface area contributed by atoms with E-state index in [1.807, 2.05) is 17.0 Å². The monoisotopic (exact) mass is 457 g/mol. The topological polar surface area (TPSA) is 40.5 Å². The fourth-order valence-corrected chi connectivity index (χ4v) is 6.19. The van der Waals surface area contributed by atoms with E-state index in [0.29, 0.717) is 25.2 Å². The molecule has 2 heterocycles. The number of benzene rings is 3. The molecule has 33 heavy (non-hydrogen) atoms. The second-order valence-electron chi connectivity index (χ2n) is 9.35. The van der Waals surface area contributed by atoms with Crippen LogP contribution >= 0.6 is 11.3 Å². The second-order valence-corrected chi connectivity index (χ2v) is 10.4. The number of nitrogens with zero attached hydrogens (tertiary/aromatic N) is 1. The molecule has 0 radical (unpaired) electrons. The van der Waals surface area contributed by atoms with Crippen molar-refractivity contribution in [2.45, 2.75) is 24.8 Å². The van der Waals surface area contributed by atoms with Crippen molar-refractivity contribution in [1.82, 2.24) is 4.90 Å². The predicted octanol–water partition coefficient (Wildman–Crippen LogP) is 6.30. The van der Waals surface area contributed by atoms with Crippen molar-refractivity contribution in [2.75, 3.05) is 13.1 Å². The molecule has 1 aliphatic heterocycles. The summed E-state index contributed by atoms with van der Waals surface area (Å²) in [5, 5.41) is 10.2. The van der Waals surface area contributed by atoms with E-state index in [9.17, 15) is 4.79 Å². The lowest BCUT2D eigenvalue weighted by Gasteiger charge is -2.36. The molecule has 0 spiro atoms. The number of aliphatic carboxylic acids is 1. The average Bonchev–Trinajstić information content (AvgIpc) is 3.49. The molecule has 0 bridgehead atoms. The minimum atomic E-state index is -0.753. The van der Waals surface area contributed by atoms with Crippen molar-refractivity contribution in [3.05, 3.63) is 95.3 Å². The van der Waals surface area contributed by atoms with Gasteiger partial charge >= 0.3 is 5.97 Å². The van der Waals surface area contributed by atoms with Crippen LogP contribution in [0.2, 0.25) is 0 Å². The molecule has 6 rings (SSSR count). The Hall–Kier alpha value is -3.02. The third-order valence-corrected chi connectivity index (χ3v) is 8.29. The van der Waals surface area contributed by atoms with Crippen LogP contribution in [0.1, 0.15) is 29.5 Å². The normalized spacial score (nSPS) is 17.7. The summed E-state index contributed by atoms with van der Waals surface area (Å²) in [5.74, 6) is -1.27. The van der Waals surface area contributed by atoms with Crippen molar-refractivity contribution < 1.29 is 14.3 Å². The lowest BCUT2D eigenvalue weighted by Crippen LogP contribution is -2.49. The number of halogens is 1. The van der Waals surface area contributed by atoms with Gasteiger partial charge in [0.1, 0.15) is 5.82 Å². The molecule has 5 heteroatoms. The molecule has 0 atom stereocenters. The van der Waals surface area contributed by atoms with Crippen LogP contribution in [-0.4, -0.2) is 29.1 Å². The van der Waals surface area contributed by atoms with Crippen molar-refractivity contribution >= 4 is 27.4 Å². The highest BCUT2D eigenvalue weighted by atomic mass is 32.1. The summed E-state index contributed by atoms with van der Waals surface area (Å²) < 4.78 is 16.2.